The van der Waals surface area contributed by atoms with Crippen LogP contribution in [-0.4, -0.2) is 83.5 Å². The lowest BCUT2D eigenvalue weighted by Gasteiger charge is -2.43. The second-order valence-electron chi connectivity index (χ2n) is 35.1. The molecule has 1 saturated heterocycles. The van der Waals surface area contributed by atoms with Crippen LogP contribution in [0.4, 0.5) is 0 Å². The second-order valence-corrected chi connectivity index (χ2v) is 45.5. The summed E-state index contributed by atoms with van der Waals surface area (Å²) in [4.78, 5) is 22.7. The number of esters is 2. The molecule has 1 aliphatic rings. The van der Waals surface area contributed by atoms with Crippen molar-refractivity contribution in [3.05, 3.63) is 193 Å². The maximum absolute atomic E-state index is 11.8. The molecule has 0 aliphatic carbocycles. The standard InChI is InChI=1S/C41H60O4Si.C38H63BO3Si.C9H9BrO3/c1-14-41(15-2,34-23-24-35(29(4)27-34)31-16-18-32(19-17-31)37(42)38(43)44-11)33-22-20-30(28(3)26-33)21-25-36(39(5,6)7)45-46(12,13)40(8,9)10;1-17-38(18-2,31-22-23-32(28(4)26-31)39-41-36(11,12)37(13,14)42-39)30-21-19-29(27(3)25-30)20-24-33(34(5,6)7)40-43(15,16)35(8,9)10;1-13-9(12)8(11)6-2-4-7(10)5-3-6/h16-20,22-24,26-27,36-37,42H,14-15,21,25H2,1-13H3;19,21-23,25-26,33H,17-18,20,24H2,1-16H3;2-5,8,11H,1H3. The van der Waals surface area contributed by atoms with Crippen molar-refractivity contribution in [3.63, 3.8) is 0 Å². The average molecular weight is 1500 g/mol. The Balaban J connectivity index is 0.000000312. The van der Waals surface area contributed by atoms with Crippen LogP contribution in [0.25, 0.3) is 11.1 Å². The van der Waals surface area contributed by atoms with Gasteiger partial charge in [0.2, 0.25) is 0 Å². The van der Waals surface area contributed by atoms with Gasteiger partial charge in [-0.2, -0.15) is 0 Å². The van der Waals surface area contributed by atoms with Gasteiger partial charge in [0.25, 0.3) is 0 Å². The SMILES string of the molecule is CCC(CC)(c1ccc(CCC(O[Si](C)(C)C(C)(C)C)C(C)(C)C)c(C)c1)c1ccc(-c2ccc(C(O)C(=O)OC)cc2)c(C)c1.CCC(CC)(c1ccc(CCC(O[Si](C)(C)C(C)(C)C)C(C)(C)C)c(C)c1)c1ccc(B2OC(C)(C)C(C)(C)O2)c(C)c1.COC(=O)C(O)c1ccc(Br)cc1. The molecular formula is C88H132BBrO10Si2. The number of hydrogen-bond donors (Lipinski definition) is 2. The molecule has 2 N–H and O–H groups in total. The van der Waals surface area contributed by atoms with E-state index in [9.17, 15) is 19.8 Å². The van der Waals surface area contributed by atoms with Crippen molar-refractivity contribution in [1.82, 2.24) is 0 Å². The number of carbonyl (C=O) groups is 2. The molecule has 1 aliphatic heterocycles. The minimum atomic E-state index is -1.88. The van der Waals surface area contributed by atoms with Gasteiger partial charge in [-0.3, -0.25) is 0 Å². The predicted octanol–water partition coefficient (Wildman–Crippen LogP) is 22.4. The molecule has 7 rings (SSSR count). The maximum atomic E-state index is 11.8. The zero-order valence-corrected chi connectivity index (χ0v) is 72.2. The van der Waals surface area contributed by atoms with Crippen LogP contribution in [-0.2, 0) is 60.9 Å². The number of benzene rings is 6. The van der Waals surface area contributed by atoms with E-state index < -0.39 is 40.8 Å². The quantitative estimate of drug-likeness (QED) is 0.0446. The van der Waals surface area contributed by atoms with E-state index in [1.54, 1.807) is 36.4 Å². The molecule has 0 radical (unpaired) electrons. The maximum Gasteiger partial charge on any atom is 0.495 e. The van der Waals surface area contributed by atoms with Gasteiger partial charge in [0.15, 0.2) is 28.8 Å². The van der Waals surface area contributed by atoms with E-state index in [2.05, 4.69) is 291 Å². The number of halogens is 1. The molecular weight excluding hydrogens is 1360 g/mol. The Kier molecular flexibility index (Phi) is 29.8. The highest BCUT2D eigenvalue weighted by Gasteiger charge is 2.52. The minimum absolute atomic E-state index is 0.0398. The molecule has 0 aromatic heterocycles. The molecule has 562 valence electrons. The summed E-state index contributed by atoms with van der Waals surface area (Å²) < 4.78 is 36.8. The molecule has 4 atom stereocenters. The van der Waals surface area contributed by atoms with E-state index in [4.69, 9.17) is 18.2 Å². The number of ether oxygens (including phenoxy) is 2. The Hall–Kier alpha value is -5.00. The van der Waals surface area contributed by atoms with Crippen LogP contribution in [0.5, 0.6) is 0 Å². The number of methoxy groups -OCH3 is 2. The van der Waals surface area contributed by atoms with Crippen molar-refractivity contribution < 1.29 is 47.4 Å². The van der Waals surface area contributed by atoms with Crippen molar-refractivity contribution in [1.29, 1.82) is 0 Å². The van der Waals surface area contributed by atoms with Crippen molar-refractivity contribution in [2.45, 2.75) is 300 Å². The number of aryl methyl sites for hydroxylation is 6. The Morgan fingerprint density at radius 1 is 0.480 bits per heavy atom. The van der Waals surface area contributed by atoms with Gasteiger partial charge in [0.1, 0.15) is 0 Å². The van der Waals surface area contributed by atoms with Crippen LogP contribution < -0.4 is 5.46 Å². The number of hydrogen-bond acceptors (Lipinski definition) is 10. The van der Waals surface area contributed by atoms with Crippen LogP contribution in [0.1, 0.15) is 256 Å². The number of rotatable bonds is 24. The third-order valence-corrected chi connectivity index (χ3v) is 33.2. The highest BCUT2D eigenvalue weighted by molar-refractivity contribution is 9.10. The monoisotopic (exact) mass is 1490 g/mol. The first-order chi connectivity index (χ1) is 47.0. The Bertz CT molecular complexity index is 3710. The first kappa shape index (κ1) is 87.6. The summed E-state index contributed by atoms with van der Waals surface area (Å²) in [6, 6.07) is 42.5. The van der Waals surface area contributed by atoms with Crippen molar-refractivity contribution in [3.8, 4) is 11.1 Å². The normalized spacial score (nSPS) is 15.7. The van der Waals surface area contributed by atoms with Crippen molar-refractivity contribution in [2.75, 3.05) is 14.2 Å². The Morgan fingerprint density at radius 2 is 0.804 bits per heavy atom. The molecule has 1 fully saturated rings. The number of aliphatic hydroxyl groups is 2. The van der Waals surface area contributed by atoms with E-state index in [0.29, 0.717) is 11.1 Å². The van der Waals surface area contributed by atoms with Gasteiger partial charge >= 0.3 is 19.1 Å². The highest BCUT2D eigenvalue weighted by atomic mass is 79.9. The Labute approximate surface area is 629 Å². The van der Waals surface area contributed by atoms with Crippen molar-refractivity contribution >= 4 is 57.1 Å². The molecule has 6 aromatic rings. The van der Waals surface area contributed by atoms with Gasteiger partial charge in [0.05, 0.1) is 37.6 Å². The third kappa shape index (κ3) is 21.0. The molecule has 0 saturated carbocycles. The summed E-state index contributed by atoms with van der Waals surface area (Å²) in [5.74, 6) is -1.31. The largest absolute Gasteiger partial charge is 0.495 e. The zero-order valence-electron chi connectivity index (χ0n) is 68.6. The van der Waals surface area contributed by atoms with E-state index >= 15 is 0 Å². The number of aliphatic hydroxyl groups excluding tert-OH is 2. The first-order valence-electron chi connectivity index (χ1n) is 37.5. The summed E-state index contributed by atoms with van der Waals surface area (Å²) in [6.45, 7) is 64.1. The lowest BCUT2D eigenvalue weighted by Crippen LogP contribution is -2.47. The van der Waals surface area contributed by atoms with Crippen LogP contribution in [0.15, 0.2) is 126 Å². The third-order valence-electron chi connectivity index (χ3n) is 23.7. The van der Waals surface area contributed by atoms with Crippen LogP contribution in [0.3, 0.4) is 0 Å². The summed E-state index contributed by atoms with van der Waals surface area (Å²) in [5, 5.41) is 20.0. The first-order valence-corrected chi connectivity index (χ1v) is 44.1. The van der Waals surface area contributed by atoms with Gasteiger partial charge in [-0.15, -0.1) is 0 Å². The highest BCUT2D eigenvalue weighted by Crippen LogP contribution is 2.46. The fraction of sp³-hybridized carbons (Fsp3) is 0.568. The van der Waals surface area contributed by atoms with Gasteiger partial charge in [-0.05, 0) is 244 Å². The van der Waals surface area contributed by atoms with E-state index in [1.807, 2.05) is 12.1 Å². The van der Waals surface area contributed by atoms with Crippen LogP contribution in [0.2, 0.25) is 36.3 Å². The molecule has 102 heavy (non-hydrogen) atoms. The molecule has 1 heterocycles. The van der Waals surface area contributed by atoms with Gasteiger partial charge in [-0.1, -0.05) is 241 Å². The minimum Gasteiger partial charge on any atom is -0.467 e. The topological polar surface area (TPSA) is 130 Å². The molecule has 4 unspecified atom stereocenters. The summed E-state index contributed by atoms with van der Waals surface area (Å²) in [6.07, 6.45) is 6.20. The second kappa shape index (κ2) is 34.7. The predicted molar refractivity (Wildman–Crippen MR) is 436 cm³/mol. The molecule has 0 amide bonds. The zero-order chi connectivity index (χ0) is 77.3. The lowest BCUT2D eigenvalue weighted by molar-refractivity contribution is -0.151. The van der Waals surface area contributed by atoms with Gasteiger partial charge < -0.3 is 37.8 Å². The van der Waals surface area contributed by atoms with Gasteiger partial charge in [-0.25, -0.2) is 9.59 Å². The lowest BCUT2D eigenvalue weighted by atomic mass is 9.67. The average Bonchev–Trinajstić information content (AvgIpc) is 1.64. The van der Waals surface area contributed by atoms with Crippen LogP contribution >= 0.6 is 15.9 Å². The molecule has 14 heteroatoms. The summed E-state index contributed by atoms with van der Waals surface area (Å²) in [7, 11) is -1.56. The number of carbonyl (C=O) groups excluding carboxylic acids is 2. The van der Waals surface area contributed by atoms with E-state index in [-0.39, 0.29) is 62.3 Å². The van der Waals surface area contributed by atoms with E-state index in [1.165, 1.54) is 69.9 Å². The molecule has 6 aromatic carbocycles. The van der Waals surface area contributed by atoms with Crippen LogP contribution in [0, 0.1) is 38.5 Å². The Morgan fingerprint density at radius 3 is 1.11 bits per heavy atom. The molecule has 10 nitrogen and oxygen atoms in total. The smallest absolute Gasteiger partial charge is 0.467 e. The fourth-order valence-electron chi connectivity index (χ4n) is 13.5. The molecule has 0 spiro atoms. The van der Waals surface area contributed by atoms with Crippen molar-refractivity contribution in [2.24, 2.45) is 10.8 Å². The fourth-order valence-corrected chi connectivity index (χ4v) is 16.8. The van der Waals surface area contributed by atoms with Gasteiger partial charge in [0, 0.05) is 15.3 Å². The summed E-state index contributed by atoms with van der Waals surface area (Å²) in [5.41, 5.74) is 17.2. The van der Waals surface area contributed by atoms with E-state index in [0.717, 1.165) is 72.4 Å². The molecule has 0 bridgehead atoms. The summed E-state index contributed by atoms with van der Waals surface area (Å²) >= 11 is 3.25.